The van der Waals surface area contributed by atoms with Gasteiger partial charge in [0.05, 0.1) is 6.61 Å². The van der Waals surface area contributed by atoms with Crippen LogP contribution in [0.1, 0.15) is 65.1 Å². The highest BCUT2D eigenvalue weighted by atomic mass is 16.5. The van der Waals surface area contributed by atoms with Crippen LogP contribution in [0.15, 0.2) is 0 Å². The van der Waals surface area contributed by atoms with Crippen LogP contribution in [-0.4, -0.2) is 23.1 Å². The third-order valence-electron chi connectivity index (χ3n) is 3.00. The van der Waals surface area contributed by atoms with Crippen molar-refractivity contribution in [3.63, 3.8) is 0 Å². The number of nitrogen functional groups attached to an aromatic ring is 1. The van der Waals surface area contributed by atoms with E-state index in [-0.39, 0.29) is 5.92 Å². The maximum Gasteiger partial charge on any atom is 0.242 e. The van der Waals surface area contributed by atoms with Crippen LogP contribution >= 0.6 is 0 Å². The summed E-state index contributed by atoms with van der Waals surface area (Å²) in [6.07, 6.45) is 4.31. The van der Waals surface area contributed by atoms with Gasteiger partial charge in [0.15, 0.2) is 5.82 Å². The molecule has 1 aromatic rings. The monoisotopic (exact) mass is 280 g/mol. The molecule has 0 bridgehead atoms. The predicted molar refractivity (Wildman–Crippen MR) is 84.3 cm³/mol. The lowest BCUT2D eigenvalue weighted by atomic mass is 10.2. The van der Waals surface area contributed by atoms with Crippen molar-refractivity contribution in [2.45, 2.75) is 59.3 Å². The van der Waals surface area contributed by atoms with Crippen LogP contribution in [-0.2, 0) is 0 Å². The van der Waals surface area contributed by atoms with E-state index in [2.05, 4.69) is 43.0 Å². The van der Waals surface area contributed by atoms with Crippen LogP contribution in [0.25, 0.3) is 0 Å². The van der Waals surface area contributed by atoms with Crippen molar-refractivity contribution in [3.05, 3.63) is 5.82 Å². The summed E-state index contributed by atoms with van der Waals surface area (Å²) in [6.45, 7) is 9.93. The second-order valence-electron chi connectivity index (χ2n) is 5.29. The smallest absolute Gasteiger partial charge is 0.242 e. The third-order valence-corrected chi connectivity index (χ3v) is 3.00. The highest BCUT2D eigenvalue weighted by molar-refractivity contribution is 5.67. The van der Waals surface area contributed by atoms with Crippen LogP contribution < -0.4 is 15.8 Å². The Balaban J connectivity index is 2.90. The fourth-order valence-electron chi connectivity index (χ4n) is 1.67. The number of unbranched alkanes of at least 4 members (excludes halogenated alkanes) is 2. The molecule has 0 saturated carbocycles. The van der Waals surface area contributed by atoms with Gasteiger partial charge in [-0.15, -0.1) is 0 Å². The topological polar surface area (TPSA) is 73.1 Å². The molecule has 3 N–H and O–H groups in total. The summed E-state index contributed by atoms with van der Waals surface area (Å²) in [5.41, 5.74) is 6.62. The van der Waals surface area contributed by atoms with E-state index in [1.807, 2.05) is 0 Å². The van der Waals surface area contributed by atoms with Crippen LogP contribution in [0, 0.1) is 0 Å². The highest BCUT2D eigenvalue weighted by Crippen LogP contribution is 2.28. The zero-order valence-electron chi connectivity index (χ0n) is 13.2. The largest absolute Gasteiger partial charge is 0.476 e. The first-order valence-corrected chi connectivity index (χ1v) is 7.64. The number of nitrogens with one attached hydrogen (secondary N) is 1. The molecule has 0 spiro atoms. The Morgan fingerprint density at radius 3 is 2.45 bits per heavy atom. The second kappa shape index (κ2) is 8.61. The van der Waals surface area contributed by atoms with Crippen molar-refractivity contribution in [1.82, 2.24) is 9.97 Å². The zero-order valence-corrected chi connectivity index (χ0v) is 13.2. The van der Waals surface area contributed by atoms with Crippen LogP contribution in [0.5, 0.6) is 5.88 Å². The number of nitrogens with zero attached hydrogens (tertiary/aromatic N) is 2. The van der Waals surface area contributed by atoms with Crippen LogP contribution in [0.2, 0.25) is 0 Å². The average molecular weight is 280 g/mol. The molecule has 0 fully saturated rings. The van der Waals surface area contributed by atoms with Gasteiger partial charge in [-0.05, 0) is 12.8 Å². The number of hydrogen-bond donors (Lipinski definition) is 2. The van der Waals surface area contributed by atoms with Crippen molar-refractivity contribution >= 4 is 11.5 Å². The van der Waals surface area contributed by atoms with Crippen LogP contribution in [0.3, 0.4) is 0 Å². The molecular formula is C15H28N4O. The quantitative estimate of drug-likeness (QED) is 0.676. The molecular weight excluding hydrogens is 252 g/mol. The second-order valence-corrected chi connectivity index (χ2v) is 5.29. The van der Waals surface area contributed by atoms with Gasteiger partial charge in [-0.3, -0.25) is 0 Å². The minimum Gasteiger partial charge on any atom is -0.476 e. The molecule has 0 unspecified atom stereocenters. The Hall–Kier alpha value is -1.52. The molecule has 0 saturated heterocycles. The fourth-order valence-corrected chi connectivity index (χ4v) is 1.67. The lowest BCUT2D eigenvalue weighted by Crippen LogP contribution is -2.12. The molecule has 0 aromatic carbocycles. The molecule has 5 heteroatoms. The van der Waals surface area contributed by atoms with Gasteiger partial charge in [0.2, 0.25) is 5.88 Å². The van der Waals surface area contributed by atoms with E-state index in [0.29, 0.717) is 24.0 Å². The molecule has 20 heavy (non-hydrogen) atoms. The van der Waals surface area contributed by atoms with Crippen molar-refractivity contribution < 1.29 is 4.74 Å². The highest BCUT2D eigenvalue weighted by Gasteiger charge is 2.14. The summed E-state index contributed by atoms with van der Waals surface area (Å²) in [5.74, 6) is 2.22. The molecule has 0 aliphatic rings. The predicted octanol–water partition coefficient (Wildman–Crippen LogP) is 3.57. The maximum absolute atomic E-state index is 6.10. The first-order valence-electron chi connectivity index (χ1n) is 7.64. The molecule has 1 heterocycles. The summed E-state index contributed by atoms with van der Waals surface area (Å²) in [5, 5.41) is 3.28. The Labute approximate surface area is 122 Å². The third kappa shape index (κ3) is 4.87. The van der Waals surface area contributed by atoms with Gasteiger partial charge in [-0.25, -0.2) is 4.98 Å². The number of ether oxygens (including phenoxy) is 1. The van der Waals surface area contributed by atoms with E-state index in [1.54, 1.807) is 0 Å². The number of nitrogens with two attached hydrogens (primary N) is 1. The SMILES string of the molecule is CCCCNc1nc(C(C)C)nc(OCCCC)c1N. The van der Waals surface area contributed by atoms with Crippen molar-refractivity contribution in [3.8, 4) is 5.88 Å². The van der Waals surface area contributed by atoms with Crippen LogP contribution in [0.4, 0.5) is 11.5 Å². The molecule has 5 nitrogen and oxygen atoms in total. The van der Waals surface area contributed by atoms with Crippen molar-refractivity contribution in [2.24, 2.45) is 0 Å². The molecule has 0 aliphatic heterocycles. The van der Waals surface area contributed by atoms with E-state index >= 15 is 0 Å². The van der Waals surface area contributed by atoms with Gasteiger partial charge < -0.3 is 15.8 Å². The molecule has 114 valence electrons. The van der Waals surface area contributed by atoms with E-state index in [9.17, 15) is 0 Å². The number of hydrogen-bond acceptors (Lipinski definition) is 5. The van der Waals surface area contributed by atoms with E-state index in [4.69, 9.17) is 10.5 Å². The molecule has 0 amide bonds. The molecule has 1 aromatic heterocycles. The Morgan fingerprint density at radius 1 is 1.15 bits per heavy atom. The molecule has 1 rings (SSSR count). The van der Waals surface area contributed by atoms with E-state index in [0.717, 1.165) is 38.1 Å². The minimum atomic E-state index is 0.246. The fraction of sp³-hybridized carbons (Fsp3) is 0.733. The summed E-state index contributed by atoms with van der Waals surface area (Å²) >= 11 is 0. The van der Waals surface area contributed by atoms with Gasteiger partial charge in [0, 0.05) is 12.5 Å². The van der Waals surface area contributed by atoms with Crippen molar-refractivity contribution in [1.29, 1.82) is 0 Å². The Bertz CT molecular complexity index is 376. The minimum absolute atomic E-state index is 0.246. The number of aromatic nitrogens is 2. The van der Waals surface area contributed by atoms with Gasteiger partial charge in [-0.1, -0.05) is 40.5 Å². The summed E-state index contributed by atoms with van der Waals surface area (Å²) < 4.78 is 5.70. The zero-order chi connectivity index (χ0) is 15.0. The Morgan fingerprint density at radius 2 is 1.85 bits per heavy atom. The lowest BCUT2D eigenvalue weighted by molar-refractivity contribution is 0.298. The first kappa shape index (κ1) is 16.5. The summed E-state index contributed by atoms with van der Waals surface area (Å²) in [6, 6.07) is 0. The summed E-state index contributed by atoms with van der Waals surface area (Å²) in [7, 11) is 0. The van der Waals surface area contributed by atoms with Gasteiger partial charge in [0.25, 0.3) is 0 Å². The van der Waals surface area contributed by atoms with E-state index in [1.165, 1.54) is 0 Å². The summed E-state index contributed by atoms with van der Waals surface area (Å²) in [4.78, 5) is 8.94. The number of rotatable bonds is 9. The first-order chi connectivity index (χ1) is 9.60. The lowest BCUT2D eigenvalue weighted by Gasteiger charge is -2.15. The van der Waals surface area contributed by atoms with Gasteiger partial charge in [-0.2, -0.15) is 4.98 Å². The Kier molecular flexibility index (Phi) is 7.12. The normalized spacial score (nSPS) is 10.8. The molecule has 0 radical (unpaired) electrons. The molecule has 0 atom stereocenters. The maximum atomic E-state index is 6.10. The van der Waals surface area contributed by atoms with Gasteiger partial charge >= 0.3 is 0 Å². The molecule has 0 aliphatic carbocycles. The standard InChI is InChI=1S/C15H28N4O/c1-5-7-9-17-14-12(16)15(20-10-8-6-2)19-13(18-14)11(3)4/h11H,5-10,16H2,1-4H3,(H,17,18,19). The number of anilines is 2. The van der Waals surface area contributed by atoms with Gasteiger partial charge in [0.1, 0.15) is 11.5 Å². The average Bonchev–Trinajstić information content (AvgIpc) is 2.42. The van der Waals surface area contributed by atoms with E-state index < -0.39 is 0 Å². The van der Waals surface area contributed by atoms with Crippen molar-refractivity contribution in [2.75, 3.05) is 24.2 Å².